The standard InChI is InChI=1S/C12H17NO/c1-13(2)12-8-5-7-11(10-12)6-3-4-9-14/h5,7-10H,3-4,6H2,1-2H3. The third-order valence-electron chi connectivity index (χ3n) is 2.21. The van der Waals surface area contributed by atoms with E-state index in [1.807, 2.05) is 14.1 Å². The van der Waals surface area contributed by atoms with Crippen molar-refractivity contribution in [3.05, 3.63) is 29.8 Å². The average molecular weight is 191 g/mol. The van der Waals surface area contributed by atoms with Crippen molar-refractivity contribution < 1.29 is 4.79 Å². The Hall–Kier alpha value is -1.31. The van der Waals surface area contributed by atoms with Crippen molar-refractivity contribution in [1.82, 2.24) is 0 Å². The second-order valence-corrected chi connectivity index (χ2v) is 3.62. The molecule has 0 aromatic heterocycles. The molecule has 14 heavy (non-hydrogen) atoms. The lowest BCUT2D eigenvalue weighted by Gasteiger charge is -2.13. The molecule has 0 heterocycles. The summed E-state index contributed by atoms with van der Waals surface area (Å²) in [6.07, 6.45) is 3.57. The van der Waals surface area contributed by atoms with Gasteiger partial charge in [-0.2, -0.15) is 0 Å². The number of nitrogens with zero attached hydrogens (tertiary/aromatic N) is 1. The smallest absolute Gasteiger partial charge is 0.120 e. The fraction of sp³-hybridized carbons (Fsp3) is 0.417. The lowest BCUT2D eigenvalue weighted by molar-refractivity contribution is -0.107. The summed E-state index contributed by atoms with van der Waals surface area (Å²) >= 11 is 0. The fourth-order valence-corrected chi connectivity index (χ4v) is 1.38. The monoisotopic (exact) mass is 191 g/mol. The number of hydrogen-bond donors (Lipinski definition) is 0. The van der Waals surface area contributed by atoms with Crippen molar-refractivity contribution >= 4 is 12.0 Å². The van der Waals surface area contributed by atoms with Crippen LogP contribution < -0.4 is 4.90 Å². The molecule has 0 spiro atoms. The Kier molecular flexibility index (Phi) is 4.17. The van der Waals surface area contributed by atoms with Crippen LogP contribution in [0, 0.1) is 0 Å². The topological polar surface area (TPSA) is 20.3 Å². The SMILES string of the molecule is CN(C)c1cccc(CCCC=O)c1. The van der Waals surface area contributed by atoms with Crippen LogP contribution in [0.2, 0.25) is 0 Å². The van der Waals surface area contributed by atoms with Gasteiger partial charge >= 0.3 is 0 Å². The van der Waals surface area contributed by atoms with Crippen LogP contribution >= 0.6 is 0 Å². The van der Waals surface area contributed by atoms with E-state index < -0.39 is 0 Å². The van der Waals surface area contributed by atoms with Crippen LogP contribution in [0.1, 0.15) is 18.4 Å². The highest BCUT2D eigenvalue weighted by Crippen LogP contribution is 2.14. The van der Waals surface area contributed by atoms with Crippen molar-refractivity contribution in [2.24, 2.45) is 0 Å². The Morgan fingerprint density at radius 1 is 1.36 bits per heavy atom. The predicted molar refractivity (Wildman–Crippen MR) is 59.8 cm³/mol. The van der Waals surface area contributed by atoms with Crippen LogP contribution in [0.5, 0.6) is 0 Å². The van der Waals surface area contributed by atoms with Gasteiger partial charge in [0.05, 0.1) is 0 Å². The highest BCUT2D eigenvalue weighted by atomic mass is 16.1. The van der Waals surface area contributed by atoms with Gasteiger partial charge in [-0.3, -0.25) is 0 Å². The summed E-state index contributed by atoms with van der Waals surface area (Å²) in [5.41, 5.74) is 2.52. The van der Waals surface area contributed by atoms with Crippen molar-refractivity contribution in [2.45, 2.75) is 19.3 Å². The van der Waals surface area contributed by atoms with E-state index in [4.69, 9.17) is 0 Å². The molecule has 0 fully saturated rings. The Morgan fingerprint density at radius 2 is 2.14 bits per heavy atom. The first-order valence-electron chi connectivity index (χ1n) is 4.94. The number of unbranched alkanes of at least 4 members (excludes halogenated alkanes) is 1. The molecule has 1 rings (SSSR count). The first-order valence-corrected chi connectivity index (χ1v) is 4.94. The number of anilines is 1. The summed E-state index contributed by atoms with van der Waals surface area (Å²) < 4.78 is 0. The van der Waals surface area contributed by atoms with Crippen LogP contribution in [0.15, 0.2) is 24.3 Å². The van der Waals surface area contributed by atoms with E-state index in [2.05, 4.69) is 29.2 Å². The van der Waals surface area contributed by atoms with E-state index in [1.165, 1.54) is 11.3 Å². The summed E-state index contributed by atoms with van der Waals surface area (Å²) in [4.78, 5) is 12.2. The van der Waals surface area contributed by atoms with Gasteiger partial charge in [0.1, 0.15) is 6.29 Å². The van der Waals surface area contributed by atoms with Crippen molar-refractivity contribution in [3.63, 3.8) is 0 Å². The van der Waals surface area contributed by atoms with E-state index in [1.54, 1.807) is 0 Å². The highest BCUT2D eigenvalue weighted by Gasteiger charge is 1.97. The third-order valence-corrected chi connectivity index (χ3v) is 2.21. The van der Waals surface area contributed by atoms with Gasteiger partial charge in [0.25, 0.3) is 0 Å². The Labute approximate surface area is 85.5 Å². The second kappa shape index (κ2) is 5.43. The minimum absolute atomic E-state index is 0.659. The predicted octanol–water partition coefficient (Wildman–Crippen LogP) is 2.27. The van der Waals surface area contributed by atoms with E-state index in [9.17, 15) is 4.79 Å². The summed E-state index contributed by atoms with van der Waals surface area (Å²) in [7, 11) is 4.06. The quantitative estimate of drug-likeness (QED) is 0.525. The molecule has 0 aliphatic heterocycles. The molecule has 0 aliphatic rings. The third kappa shape index (κ3) is 3.21. The number of aryl methyl sites for hydroxylation is 1. The van der Waals surface area contributed by atoms with Gasteiger partial charge in [-0.15, -0.1) is 0 Å². The van der Waals surface area contributed by atoms with Gasteiger partial charge in [0.15, 0.2) is 0 Å². The number of carbonyl (C=O) groups is 1. The molecule has 0 saturated carbocycles. The maximum absolute atomic E-state index is 10.2. The summed E-state index contributed by atoms with van der Waals surface area (Å²) in [5, 5.41) is 0. The number of rotatable bonds is 5. The number of aldehydes is 1. The van der Waals surface area contributed by atoms with Crippen molar-refractivity contribution in [3.8, 4) is 0 Å². The molecule has 2 heteroatoms. The molecule has 0 saturated heterocycles. The molecule has 0 radical (unpaired) electrons. The fourth-order valence-electron chi connectivity index (χ4n) is 1.38. The van der Waals surface area contributed by atoms with Crippen molar-refractivity contribution in [1.29, 1.82) is 0 Å². The molecule has 1 aromatic carbocycles. The first-order chi connectivity index (χ1) is 6.74. The largest absolute Gasteiger partial charge is 0.378 e. The molecule has 0 atom stereocenters. The maximum atomic E-state index is 10.2. The molecule has 0 bridgehead atoms. The van der Waals surface area contributed by atoms with Gasteiger partial charge in [0.2, 0.25) is 0 Å². The van der Waals surface area contributed by atoms with Gasteiger partial charge < -0.3 is 9.69 Å². The maximum Gasteiger partial charge on any atom is 0.120 e. The number of hydrogen-bond acceptors (Lipinski definition) is 2. The molecule has 1 aromatic rings. The van der Waals surface area contributed by atoms with Gasteiger partial charge in [0, 0.05) is 26.2 Å². The van der Waals surface area contributed by atoms with Crippen LogP contribution in [-0.2, 0) is 11.2 Å². The lowest BCUT2D eigenvalue weighted by Crippen LogP contribution is -2.08. The molecule has 76 valence electrons. The van der Waals surface area contributed by atoms with Crippen LogP contribution in [0.3, 0.4) is 0 Å². The zero-order chi connectivity index (χ0) is 10.4. The van der Waals surface area contributed by atoms with E-state index >= 15 is 0 Å². The molecular formula is C12H17NO. The minimum atomic E-state index is 0.659. The summed E-state index contributed by atoms with van der Waals surface area (Å²) in [6.45, 7) is 0. The zero-order valence-corrected chi connectivity index (χ0v) is 8.86. The van der Waals surface area contributed by atoms with Crippen LogP contribution in [-0.4, -0.2) is 20.4 Å². The second-order valence-electron chi connectivity index (χ2n) is 3.62. The summed E-state index contributed by atoms with van der Waals surface area (Å²) in [5.74, 6) is 0. The minimum Gasteiger partial charge on any atom is -0.378 e. The van der Waals surface area contributed by atoms with E-state index in [0.29, 0.717) is 6.42 Å². The molecular weight excluding hydrogens is 174 g/mol. The van der Waals surface area contributed by atoms with Crippen LogP contribution in [0.4, 0.5) is 5.69 Å². The number of carbonyl (C=O) groups excluding carboxylic acids is 1. The summed E-state index contributed by atoms with van der Waals surface area (Å²) in [6, 6.07) is 8.43. The molecule has 2 nitrogen and oxygen atoms in total. The average Bonchev–Trinajstić information content (AvgIpc) is 2.19. The van der Waals surface area contributed by atoms with Crippen LogP contribution in [0.25, 0.3) is 0 Å². The van der Waals surface area contributed by atoms with Gasteiger partial charge in [-0.1, -0.05) is 12.1 Å². The van der Waals surface area contributed by atoms with Crippen molar-refractivity contribution in [2.75, 3.05) is 19.0 Å². The van der Waals surface area contributed by atoms with Gasteiger partial charge in [-0.05, 0) is 30.5 Å². The molecule has 0 aliphatic carbocycles. The highest BCUT2D eigenvalue weighted by molar-refractivity contribution is 5.49. The first kappa shape index (κ1) is 10.8. The van der Waals surface area contributed by atoms with E-state index in [0.717, 1.165) is 19.1 Å². The Bertz CT molecular complexity index is 294. The Morgan fingerprint density at radius 3 is 2.79 bits per heavy atom. The van der Waals surface area contributed by atoms with E-state index in [-0.39, 0.29) is 0 Å². The molecule has 0 unspecified atom stereocenters. The normalized spacial score (nSPS) is 9.86. The van der Waals surface area contributed by atoms with Gasteiger partial charge in [-0.25, -0.2) is 0 Å². The number of benzene rings is 1. The molecule has 0 amide bonds. The lowest BCUT2D eigenvalue weighted by atomic mass is 10.1. The Balaban J connectivity index is 2.59. The zero-order valence-electron chi connectivity index (χ0n) is 8.86. The molecule has 0 N–H and O–H groups in total.